The summed E-state index contributed by atoms with van der Waals surface area (Å²) in [4.78, 5) is 11.7. The molecule has 4 N–H and O–H groups in total. The maximum atomic E-state index is 11.7. The van der Waals surface area contributed by atoms with Gasteiger partial charge in [0, 0.05) is 23.4 Å². The van der Waals surface area contributed by atoms with Crippen molar-refractivity contribution in [1.82, 2.24) is 0 Å². The first-order valence-electron chi connectivity index (χ1n) is 6.39. The monoisotopic (exact) mass is 300 g/mol. The number of hydrogen-bond donors (Lipinski definition) is 3. The molecule has 1 amide bonds. The number of anilines is 1. The summed E-state index contributed by atoms with van der Waals surface area (Å²) in [5.41, 5.74) is 6.58. The van der Waals surface area contributed by atoms with Gasteiger partial charge in [-0.3, -0.25) is 5.32 Å². The van der Waals surface area contributed by atoms with Crippen LogP contribution in [0.25, 0.3) is 0 Å². The van der Waals surface area contributed by atoms with Gasteiger partial charge in [0.05, 0.1) is 0 Å². The van der Waals surface area contributed by atoms with Crippen molar-refractivity contribution in [3.63, 3.8) is 0 Å². The zero-order valence-corrected chi connectivity index (χ0v) is 12.7. The standard InChI is InChI=1S/C14H21ClN2O3/c1-14(2,3)20-13(19)17-9-4-5-11(15)10(8-9)12(16)6-7-18/h4-5,8,12,18H,6-7,16H2,1-3H3,(H,17,19). The summed E-state index contributed by atoms with van der Waals surface area (Å²) in [5, 5.41) is 12.0. The maximum Gasteiger partial charge on any atom is 0.412 e. The van der Waals surface area contributed by atoms with E-state index in [0.717, 1.165) is 0 Å². The first-order chi connectivity index (χ1) is 9.23. The lowest BCUT2D eigenvalue weighted by atomic mass is 10.0. The van der Waals surface area contributed by atoms with Crippen LogP contribution in [0.4, 0.5) is 10.5 Å². The molecule has 0 aromatic heterocycles. The molecule has 0 aliphatic rings. The van der Waals surface area contributed by atoms with E-state index in [-0.39, 0.29) is 12.6 Å². The second-order valence-corrected chi connectivity index (χ2v) is 5.89. The Hall–Kier alpha value is -1.30. The third-order valence-electron chi connectivity index (χ3n) is 2.48. The number of aliphatic hydroxyl groups excluding tert-OH is 1. The van der Waals surface area contributed by atoms with Crippen LogP contribution in [0.15, 0.2) is 18.2 Å². The second kappa shape index (κ2) is 6.92. The van der Waals surface area contributed by atoms with Gasteiger partial charge >= 0.3 is 6.09 Å². The summed E-state index contributed by atoms with van der Waals surface area (Å²) in [5.74, 6) is 0. The van der Waals surface area contributed by atoms with Crippen molar-refractivity contribution in [2.75, 3.05) is 11.9 Å². The zero-order valence-electron chi connectivity index (χ0n) is 11.9. The highest BCUT2D eigenvalue weighted by Crippen LogP contribution is 2.27. The average molecular weight is 301 g/mol. The molecule has 0 fully saturated rings. The van der Waals surface area contributed by atoms with Gasteiger partial charge in [-0.15, -0.1) is 0 Å². The molecule has 0 radical (unpaired) electrons. The first kappa shape index (κ1) is 16.8. The Kier molecular flexibility index (Phi) is 5.80. The molecule has 1 unspecified atom stereocenters. The molecule has 112 valence electrons. The molecule has 0 saturated carbocycles. The second-order valence-electron chi connectivity index (χ2n) is 5.48. The Bertz CT molecular complexity index is 472. The Morgan fingerprint density at radius 3 is 2.70 bits per heavy atom. The minimum atomic E-state index is -0.563. The van der Waals surface area contributed by atoms with E-state index in [1.807, 2.05) is 0 Å². The van der Waals surface area contributed by atoms with E-state index in [1.165, 1.54) is 0 Å². The van der Waals surface area contributed by atoms with Crippen LogP contribution in [0, 0.1) is 0 Å². The van der Waals surface area contributed by atoms with Gasteiger partial charge < -0.3 is 15.6 Å². The first-order valence-corrected chi connectivity index (χ1v) is 6.76. The fourth-order valence-corrected chi connectivity index (χ4v) is 1.88. The predicted molar refractivity (Wildman–Crippen MR) is 79.9 cm³/mol. The van der Waals surface area contributed by atoms with E-state index in [2.05, 4.69) is 5.32 Å². The van der Waals surface area contributed by atoms with E-state index in [4.69, 9.17) is 27.2 Å². The molecule has 0 bridgehead atoms. The van der Waals surface area contributed by atoms with Gasteiger partial charge in [0.1, 0.15) is 5.60 Å². The molecule has 1 atom stereocenters. The summed E-state index contributed by atoms with van der Waals surface area (Å²) in [7, 11) is 0. The quantitative estimate of drug-likeness (QED) is 0.798. The number of nitrogens with two attached hydrogens (primary N) is 1. The fraction of sp³-hybridized carbons (Fsp3) is 0.500. The molecule has 5 nitrogen and oxygen atoms in total. The van der Waals surface area contributed by atoms with Gasteiger partial charge in [0.25, 0.3) is 0 Å². The normalized spacial score (nSPS) is 12.9. The van der Waals surface area contributed by atoms with Crippen molar-refractivity contribution in [1.29, 1.82) is 0 Å². The lowest BCUT2D eigenvalue weighted by Crippen LogP contribution is -2.27. The number of hydrogen-bond acceptors (Lipinski definition) is 4. The van der Waals surface area contributed by atoms with Crippen molar-refractivity contribution >= 4 is 23.4 Å². The van der Waals surface area contributed by atoms with Crippen LogP contribution in [-0.4, -0.2) is 23.4 Å². The number of ether oxygens (including phenoxy) is 1. The summed E-state index contributed by atoms with van der Waals surface area (Å²) in [6.45, 7) is 5.34. The number of amides is 1. The molecule has 0 aliphatic heterocycles. The number of rotatable bonds is 4. The predicted octanol–water partition coefficient (Wildman–Crippen LogP) is 3.07. The summed E-state index contributed by atoms with van der Waals surface area (Å²) in [6.07, 6.45) is -0.142. The van der Waals surface area contributed by atoms with Crippen LogP contribution >= 0.6 is 11.6 Å². The summed E-state index contributed by atoms with van der Waals surface area (Å²) >= 11 is 6.06. The van der Waals surface area contributed by atoms with Crippen LogP contribution in [0.3, 0.4) is 0 Å². The Labute approximate surface area is 124 Å². The molecule has 0 aliphatic carbocycles. The molecular weight excluding hydrogens is 280 g/mol. The number of halogens is 1. The molecule has 20 heavy (non-hydrogen) atoms. The highest BCUT2D eigenvalue weighted by molar-refractivity contribution is 6.31. The molecule has 1 rings (SSSR count). The SMILES string of the molecule is CC(C)(C)OC(=O)Nc1ccc(Cl)c(C(N)CCO)c1. The van der Waals surface area contributed by atoms with Crippen LogP contribution in [-0.2, 0) is 4.74 Å². The van der Waals surface area contributed by atoms with Crippen molar-refractivity contribution in [3.05, 3.63) is 28.8 Å². The lowest BCUT2D eigenvalue weighted by Gasteiger charge is -2.20. The average Bonchev–Trinajstić information content (AvgIpc) is 2.29. The topological polar surface area (TPSA) is 84.6 Å². The van der Waals surface area contributed by atoms with E-state index in [9.17, 15) is 4.79 Å². The van der Waals surface area contributed by atoms with E-state index in [1.54, 1.807) is 39.0 Å². The van der Waals surface area contributed by atoms with Crippen LogP contribution in [0.2, 0.25) is 5.02 Å². The molecule has 0 spiro atoms. The number of carbonyl (C=O) groups excluding carboxylic acids is 1. The van der Waals surface area contributed by atoms with E-state index < -0.39 is 11.7 Å². The highest BCUT2D eigenvalue weighted by atomic mass is 35.5. The van der Waals surface area contributed by atoms with Gasteiger partial charge in [-0.1, -0.05) is 11.6 Å². The van der Waals surface area contributed by atoms with Crippen LogP contribution in [0.5, 0.6) is 0 Å². The van der Waals surface area contributed by atoms with Gasteiger partial charge in [-0.05, 0) is 51.0 Å². The molecule has 6 heteroatoms. The smallest absolute Gasteiger partial charge is 0.412 e. The highest BCUT2D eigenvalue weighted by Gasteiger charge is 2.17. The molecule has 0 saturated heterocycles. The van der Waals surface area contributed by atoms with Crippen LogP contribution in [0.1, 0.15) is 38.8 Å². The number of benzene rings is 1. The molecule has 0 heterocycles. The lowest BCUT2D eigenvalue weighted by molar-refractivity contribution is 0.0636. The largest absolute Gasteiger partial charge is 0.444 e. The summed E-state index contributed by atoms with van der Waals surface area (Å²) in [6, 6.07) is 4.63. The number of aliphatic hydroxyl groups is 1. The Balaban J connectivity index is 2.82. The van der Waals surface area contributed by atoms with Crippen molar-refractivity contribution in [3.8, 4) is 0 Å². The maximum absolute atomic E-state index is 11.7. The number of carbonyl (C=O) groups is 1. The van der Waals surface area contributed by atoms with E-state index in [0.29, 0.717) is 22.7 Å². The third kappa shape index (κ3) is 5.36. The fourth-order valence-electron chi connectivity index (χ4n) is 1.62. The van der Waals surface area contributed by atoms with Gasteiger partial charge in [0.2, 0.25) is 0 Å². The minimum Gasteiger partial charge on any atom is -0.444 e. The van der Waals surface area contributed by atoms with Crippen molar-refractivity contribution in [2.24, 2.45) is 5.73 Å². The van der Waals surface area contributed by atoms with Gasteiger partial charge in [0.15, 0.2) is 0 Å². The molecular formula is C14H21ClN2O3. The molecule has 1 aromatic rings. The number of nitrogens with one attached hydrogen (secondary N) is 1. The Morgan fingerprint density at radius 2 is 2.15 bits per heavy atom. The van der Waals surface area contributed by atoms with Crippen molar-refractivity contribution < 1.29 is 14.6 Å². The third-order valence-corrected chi connectivity index (χ3v) is 2.83. The van der Waals surface area contributed by atoms with Gasteiger partial charge in [-0.2, -0.15) is 0 Å². The van der Waals surface area contributed by atoms with Gasteiger partial charge in [-0.25, -0.2) is 4.79 Å². The minimum absolute atomic E-state index is 0.0266. The summed E-state index contributed by atoms with van der Waals surface area (Å²) < 4.78 is 5.17. The Morgan fingerprint density at radius 1 is 1.50 bits per heavy atom. The molecule has 1 aromatic carbocycles. The zero-order chi connectivity index (χ0) is 15.3. The van der Waals surface area contributed by atoms with E-state index >= 15 is 0 Å². The van der Waals surface area contributed by atoms with Crippen molar-refractivity contribution in [2.45, 2.75) is 38.8 Å². The van der Waals surface area contributed by atoms with Crippen LogP contribution < -0.4 is 11.1 Å².